The normalized spacial score (nSPS) is 14.0. The molecule has 0 aliphatic carbocycles. The van der Waals surface area contributed by atoms with Gasteiger partial charge in [-0.15, -0.1) is 0 Å². The van der Waals surface area contributed by atoms with Crippen molar-refractivity contribution in [3.63, 3.8) is 0 Å². The molecule has 0 bridgehead atoms. The number of methoxy groups -OCH3 is 1. The van der Waals surface area contributed by atoms with Gasteiger partial charge in [0, 0.05) is 0 Å². The molecule has 18 heavy (non-hydrogen) atoms. The Kier molecular flexibility index (Phi) is 5.58. The van der Waals surface area contributed by atoms with E-state index in [1.54, 1.807) is 27.3 Å². The zero-order chi connectivity index (χ0) is 13.7. The summed E-state index contributed by atoms with van der Waals surface area (Å²) in [5.41, 5.74) is 0.868. The first-order valence-corrected chi connectivity index (χ1v) is 6.25. The van der Waals surface area contributed by atoms with Crippen molar-refractivity contribution in [3.8, 4) is 5.75 Å². The number of halogens is 1. The van der Waals surface area contributed by atoms with Crippen molar-refractivity contribution in [1.82, 2.24) is 10.6 Å². The first kappa shape index (κ1) is 14.9. The second kappa shape index (κ2) is 6.72. The monoisotopic (exact) mass is 316 g/mol. The van der Waals surface area contributed by atoms with E-state index in [-0.39, 0.29) is 6.04 Å². The van der Waals surface area contributed by atoms with Gasteiger partial charge in [-0.3, -0.25) is 4.79 Å². The van der Waals surface area contributed by atoms with Crippen LogP contribution in [0.3, 0.4) is 0 Å². The molecular weight excluding hydrogens is 300 g/mol. The van der Waals surface area contributed by atoms with E-state index in [0.717, 1.165) is 10.0 Å². The van der Waals surface area contributed by atoms with Crippen LogP contribution in [0, 0.1) is 0 Å². The van der Waals surface area contributed by atoms with E-state index >= 15 is 0 Å². The molecule has 0 aromatic heterocycles. The third kappa shape index (κ3) is 3.22. The maximum atomic E-state index is 11.2. The van der Waals surface area contributed by atoms with Crippen molar-refractivity contribution in [2.45, 2.75) is 12.1 Å². The Balaban J connectivity index is 3.08. The molecule has 3 N–H and O–H groups in total. The SMILES string of the molecule is CNC(C(=O)O)C(NC)c1ccc(OC)c(Br)c1. The molecule has 1 rings (SSSR count). The molecule has 0 fully saturated rings. The van der Waals surface area contributed by atoms with E-state index in [2.05, 4.69) is 26.6 Å². The lowest BCUT2D eigenvalue weighted by atomic mass is 9.99. The number of nitrogens with one attached hydrogen (secondary N) is 2. The van der Waals surface area contributed by atoms with Crippen LogP contribution in [0.4, 0.5) is 0 Å². The summed E-state index contributed by atoms with van der Waals surface area (Å²) in [5, 5.41) is 15.0. The van der Waals surface area contributed by atoms with E-state index in [1.807, 2.05) is 12.1 Å². The smallest absolute Gasteiger partial charge is 0.322 e. The van der Waals surface area contributed by atoms with Crippen LogP contribution in [0.25, 0.3) is 0 Å². The number of benzene rings is 1. The summed E-state index contributed by atoms with van der Waals surface area (Å²) in [7, 11) is 4.95. The van der Waals surface area contributed by atoms with Crippen molar-refractivity contribution in [1.29, 1.82) is 0 Å². The predicted octanol–water partition coefficient (Wildman–Crippen LogP) is 1.39. The zero-order valence-electron chi connectivity index (χ0n) is 10.5. The molecule has 0 spiro atoms. The molecular formula is C12H17BrN2O3. The van der Waals surface area contributed by atoms with Crippen molar-refractivity contribution in [3.05, 3.63) is 28.2 Å². The van der Waals surface area contributed by atoms with E-state index in [1.165, 1.54) is 0 Å². The minimum absolute atomic E-state index is 0.324. The standard InChI is InChI=1S/C12H17BrN2O3/c1-14-10(11(15-2)12(16)17)7-4-5-9(18-3)8(13)6-7/h4-6,10-11,14-15H,1-3H3,(H,16,17). The van der Waals surface area contributed by atoms with Crippen LogP contribution in [0.2, 0.25) is 0 Å². The largest absolute Gasteiger partial charge is 0.496 e. The van der Waals surface area contributed by atoms with Gasteiger partial charge in [0.2, 0.25) is 0 Å². The van der Waals surface area contributed by atoms with Crippen molar-refractivity contribution < 1.29 is 14.6 Å². The minimum Gasteiger partial charge on any atom is -0.496 e. The molecule has 0 saturated heterocycles. The van der Waals surface area contributed by atoms with Gasteiger partial charge in [0.15, 0.2) is 0 Å². The lowest BCUT2D eigenvalue weighted by Crippen LogP contribution is -2.44. The maximum Gasteiger partial charge on any atom is 0.322 e. The fraction of sp³-hybridized carbons (Fsp3) is 0.417. The van der Waals surface area contributed by atoms with Gasteiger partial charge >= 0.3 is 5.97 Å². The Morgan fingerprint density at radius 3 is 2.44 bits per heavy atom. The van der Waals surface area contributed by atoms with Gasteiger partial charge in [-0.2, -0.15) is 0 Å². The number of carboxylic acids is 1. The average molecular weight is 317 g/mol. The molecule has 0 saturated carbocycles. The molecule has 0 amide bonds. The van der Waals surface area contributed by atoms with Crippen molar-refractivity contribution in [2.75, 3.05) is 21.2 Å². The summed E-state index contributed by atoms with van der Waals surface area (Å²) >= 11 is 3.39. The van der Waals surface area contributed by atoms with Crippen molar-refractivity contribution >= 4 is 21.9 Å². The summed E-state index contributed by atoms with van der Waals surface area (Å²) in [6, 6.07) is 4.48. The van der Waals surface area contributed by atoms with Gasteiger partial charge in [-0.1, -0.05) is 6.07 Å². The lowest BCUT2D eigenvalue weighted by molar-refractivity contribution is -0.140. The average Bonchev–Trinajstić information content (AvgIpc) is 2.35. The third-order valence-electron chi connectivity index (χ3n) is 2.76. The highest BCUT2D eigenvalue weighted by atomic mass is 79.9. The van der Waals surface area contributed by atoms with Gasteiger partial charge in [-0.25, -0.2) is 0 Å². The van der Waals surface area contributed by atoms with Gasteiger partial charge in [0.05, 0.1) is 17.6 Å². The Labute approximate surface area is 115 Å². The first-order chi connectivity index (χ1) is 8.54. The fourth-order valence-corrected chi connectivity index (χ4v) is 2.39. The molecule has 0 aliphatic rings. The predicted molar refractivity (Wildman–Crippen MR) is 73.0 cm³/mol. The van der Waals surface area contributed by atoms with Crippen LogP contribution in [-0.4, -0.2) is 38.3 Å². The molecule has 0 aliphatic heterocycles. The first-order valence-electron chi connectivity index (χ1n) is 5.46. The highest BCUT2D eigenvalue weighted by Gasteiger charge is 2.27. The molecule has 2 unspecified atom stereocenters. The highest BCUT2D eigenvalue weighted by molar-refractivity contribution is 9.10. The van der Waals surface area contributed by atoms with E-state index in [4.69, 9.17) is 9.84 Å². The molecule has 1 aromatic carbocycles. The molecule has 5 nitrogen and oxygen atoms in total. The third-order valence-corrected chi connectivity index (χ3v) is 3.38. The van der Waals surface area contributed by atoms with Crippen LogP contribution >= 0.6 is 15.9 Å². The minimum atomic E-state index is -0.899. The summed E-state index contributed by atoms with van der Waals surface area (Å²) in [4.78, 5) is 11.2. The highest BCUT2D eigenvalue weighted by Crippen LogP contribution is 2.29. The molecule has 2 atom stereocenters. The fourth-order valence-electron chi connectivity index (χ4n) is 1.83. The summed E-state index contributed by atoms with van der Waals surface area (Å²) in [6.07, 6.45) is 0. The number of carboxylic acid groups (broad SMARTS) is 1. The second-order valence-electron chi connectivity index (χ2n) is 3.76. The molecule has 0 heterocycles. The Morgan fingerprint density at radius 2 is 2.06 bits per heavy atom. The number of ether oxygens (including phenoxy) is 1. The summed E-state index contributed by atoms with van der Waals surface area (Å²) < 4.78 is 5.94. The van der Waals surface area contributed by atoms with Crippen LogP contribution in [0.5, 0.6) is 5.75 Å². The summed E-state index contributed by atoms with van der Waals surface area (Å²) in [5.74, 6) is -0.186. The number of carbonyl (C=O) groups is 1. The van der Waals surface area contributed by atoms with E-state index in [9.17, 15) is 4.79 Å². The van der Waals surface area contributed by atoms with Gasteiger partial charge in [0.25, 0.3) is 0 Å². The number of aliphatic carboxylic acids is 1. The van der Waals surface area contributed by atoms with Crippen LogP contribution in [-0.2, 0) is 4.79 Å². The zero-order valence-corrected chi connectivity index (χ0v) is 12.1. The number of rotatable bonds is 6. The van der Waals surface area contributed by atoms with Gasteiger partial charge in [-0.05, 0) is 47.7 Å². The Hall–Kier alpha value is -1.11. The Bertz CT molecular complexity index is 426. The quantitative estimate of drug-likeness (QED) is 0.740. The molecule has 100 valence electrons. The van der Waals surface area contributed by atoms with Gasteiger partial charge in [0.1, 0.15) is 11.8 Å². The number of hydrogen-bond acceptors (Lipinski definition) is 4. The number of likely N-dealkylation sites (N-methyl/N-ethyl adjacent to an activating group) is 2. The summed E-state index contributed by atoms with van der Waals surface area (Å²) in [6.45, 7) is 0. The van der Waals surface area contributed by atoms with Crippen LogP contribution < -0.4 is 15.4 Å². The Morgan fingerprint density at radius 1 is 1.39 bits per heavy atom. The van der Waals surface area contributed by atoms with Crippen LogP contribution in [0.1, 0.15) is 11.6 Å². The van der Waals surface area contributed by atoms with E-state index in [0.29, 0.717) is 5.75 Å². The van der Waals surface area contributed by atoms with Crippen molar-refractivity contribution in [2.24, 2.45) is 0 Å². The topological polar surface area (TPSA) is 70.6 Å². The molecule has 6 heteroatoms. The van der Waals surface area contributed by atoms with Gasteiger partial charge < -0.3 is 20.5 Å². The van der Waals surface area contributed by atoms with Crippen LogP contribution in [0.15, 0.2) is 22.7 Å². The second-order valence-corrected chi connectivity index (χ2v) is 4.62. The maximum absolute atomic E-state index is 11.2. The van der Waals surface area contributed by atoms with E-state index < -0.39 is 12.0 Å². The molecule has 0 radical (unpaired) electrons. The molecule has 1 aromatic rings. The lowest BCUT2D eigenvalue weighted by Gasteiger charge is -2.24. The number of hydrogen-bond donors (Lipinski definition) is 3.